The Labute approximate surface area is 166 Å². The minimum atomic E-state index is -4.56. The standard InChI is InChI=1S/C11H9F3O4S.C6H5F3N2/c12-11(13,14)7-1-3-8(4-2-7)19(17,18)10(5-6-10)9(15)16;7-6(8,9)4-1-2-5(10)11-3-4/h1-4H,5-6H2,(H,15,16);1-3H,(H2,10,11). The summed E-state index contributed by atoms with van der Waals surface area (Å²) in [6.45, 7) is 0. The van der Waals surface area contributed by atoms with Crippen LogP contribution in [0, 0.1) is 0 Å². The SMILES string of the molecule is Nc1ccc(C(F)(F)F)cn1.O=C(O)C1(S(=O)(=O)c2ccc(C(F)(F)F)cc2)CC1. The number of nitrogen functional groups attached to an aromatic ring is 1. The van der Waals surface area contributed by atoms with Crippen molar-refractivity contribution in [2.75, 3.05) is 5.73 Å². The van der Waals surface area contributed by atoms with Crippen molar-refractivity contribution in [1.82, 2.24) is 4.98 Å². The zero-order valence-corrected chi connectivity index (χ0v) is 15.6. The van der Waals surface area contributed by atoms with Crippen LogP contribution in [0.25, 0.3) is 0 Å². The van der Waals surface area contributed by atoms with E-state index in [-0.39, 0.29) is 18.7 Å². The lowest BCUT2D eigenvalue weighted by Crippen LogP contribution is -2.32. The van der Waals surface area contributed by atoms with Gasteiger partial charge in [-0.2, -0.15) is 26.3 Å². The molecule has 0 atom stereocenters. The number of nitrogens with zero attached hydrogens (tertiary/aromatic N) is 1. The number of hydrogen-bond donors (Lipinski definition) is 2. The molecule has 1 aromatic carbocycles. The molecular weight excluding hydrogens is 442 g/mol. The van der Waals surface area contributed by atoms with Gasteiger partial charge in [0, 0.05) is 6.20 Å². The minimum absolute atomic E-state index is 0.0221. The van der Waals surface area contributed by atoms with Crippen molar-refractivity contribution in [3.05, 3.63) is 53.7 Å². The molecule has 1 aliphatic carbocycles. The summed E-state index contributed by atoms with van der Waals surface area (Å²) in [6, 6.07) is 4.85. The maximum atomic E-state index is 12.3. The quantitative estimate of drug-likeness (QED) is 0.681. The molecule has 1 aromatic heterocycles. The molecule has 1 aliphatic rings. The molecule has 0 spiro atoms. The summed E-state index contributed by atoms with van der Waals surface area (Å²) in [6.07, 6.45) is -8.24. The van der Waals surface area contributed by atoms with E-state index in [2.05, 4.69) is 4.98 Å². The number of alkyl halides is 6. The highest BCUT2D eigenvalue weighted by atomic mass is 32.2. The van der Waals surface area contributed by atoms with Crippen LogP contribution in [-0.2, 0) is 27.0 Å². The minimum Gasteiger partial charge on any atom is -0.480 e. The van der Waals surface area contributed by atoms with Gasteiger partial charge in [-0.15, -0.1) is 0 Å². The molecule has 164 valence electrons. The molecule has 13 heteroatoms. The van der Waals surface area contributed by atoms with Gasteiger partial charge in [-0.05, 0) is 49.2 Å². The number of sulfone groups is 1. The molecule has 0 saturated heterocycles. The van der Waals surface area contributed by atoms with E-state index in [4.69, 9.17) is 10.8 Å². The summed E-state index contributed by atoms with van der Waals surface area (Å²) in [4.78, 5) is 13.9. The fraction of sp³-hybridized carbons (Fsp3) is 0.294. The van der Waals surface area contributed by atoms with Gasteiger partial charge in [0.15, 0.2) is 14.6 Å². The van der Waals surface area contributed by atoms with Crippen LogP contribution in [0.3, 0.4) is 0 Å². The smallest absolute Gasteiger partial charge is 0.417 e. The third-order valence-corrected chi connectivity index (χ3v) is 6.72. The lowest BCUT2D eigenvalue weighted by molar-refractivity contribution is -0.138. The summed E-state index contributed by atoms with van der Waals surface area (Å²) >= 11 is 0. The zero-order valence-electron chi connectivity index (χ0n) is 14.8. The van der Waals surface area contributed by atoms with Crippen molar-refractivity contribution >= 4 is 21.6 Å². The number of carbonyl (C=O) groups is 1. The van der Waals surface area contributed by atoms with Crippen LogP contribution >= 0.6 is 0 Å². The van der Waals surface area contributed by atoms with Crippen molar-refractivity contribution in [3.8, 4) is 0 Å². The van der Waals surface area contributed by atoms with Gasteiger partial charge >= 0.3 is 18.3 Å². The third kappa shape index (κ3) is 4.83. The van der Waals surface area contributed by atoms with E-state index in [1.165, 1.54) is 0 Å². The summed E-state index contributed by atoms with van der Waals surface area (Å²) in [5.74, 6) is -1.38. The average Bonchev–Trinajstić information content (AvgIpc) is 3.44. The molecule has 3 N–H and O–H groups in total. The Kier molecular flexibility index (Phi) is 6.08. The molecule has 0 radical (unpaired) electrons. The second-order valence-electron chi connectivity index (χ2n) is 6.29. The summed E-state index contributed by atoms with van der Waals surface area (Å²) in [5, 5.41) is 8.93. The lowest BCUT2D eigenvalue weighted by Gasteiger charge is -2.12. The fourth-order valence-electron chi connectivity index (χ4n) is 2.33. The highest BCUT2D eigenvalue weighted by molar-refractivity contribution is 7.94. The predicted molar refractivity (Wildman–Crippen MR) is 91.9 cm³/mol. The molecule has 3 rings (SSSR count). The Balaban J connectivity index is 0.000000248. The van der Waals surface area contributed by atoms with E-state index in [1.807, 2.05) is 0 Å². The highest BCUT2D eigenvalue weighted by Gasteiger charge is 2.61. The average molecular weight is 456 g/mol. The first kappa shape index (κ1) is 23.4. The van der Waals surface area contributed by atoms with Crippen LogP contribution in [-0.4, -0.2) is 29.2 Å². The molecular formula is C17H14F6N2O4S. The summed E-state index contributed by atoms with van der Waals surface area (Å²) < 4.78 is 94.8. The molecule has 1 saturated carbocycles. The normalized spacial score (nSPS) is 15.7. The number of aliphatic carboxylic acids is 1. The molecule has 6 nitrogen and oxygen atoms in total. The van der Waals surface area contributed by atoms with Crippen molar-refractivity contribution in [1.29, 1.82) is 0 Å². The first-order valence-corrected chi connectivity index (χ1v) is 9.53. The molecule has 2 aromatic rings. The number of nitrogens with two attached hydrogens (primary N) is 1. The van der Waals surface area contributed by atoms with E-state index in [1.54, 1.807) is 0 Å². The van der Waals surface area contributed by atoms with Gasteiger partial charge in [-0.25, -0.2) is 13.4 Å². The lowest BCUT2D eigenvalue weighted by atomic mass is 10.2. The third-order valence-electron chi connectivity index (χ3n) is 4.21. The second kappa shape index (κ2) is 7.78. The number of rotatable bonds is 3. The first-order chi connectivity index (χ1) is 13.6. The Morgan fingerprint density at radius 1 is 0.933 bits per heavy atom. The van der Waals surface area contributed by atoms with E-state index >= 15 is 0 Å². The Hall–Kier alpha value is -2.83. The van der Waals surface area contributed by atoms with Gasteiger partial charge in [-0.1, -0.05) is 0 Å². The van der Waals surface area contributed by atoms with Crippen molar-refractivity contribution in [2.45, 2.75) is 34.8 Å². The monoisotopic (exact) mass is 456 g/mol. The number of carboxylic acid groups (broad SMARTS) is 1. The molecule has 0 bridgehead atoms. The van der Waals surface area contributed by atoms with E-state index in [9.17, 15) is 39.6 Å². The number of benzene rings is 1. The number of aromatic nitrogens is 1. The van der Waals surface area contributed by atoms with Crippen LogP contribution in [0.15, 0.2) is 47.5 Å². The van der Waals surface area contributed by atoms with E-state index < -0.39 is 48.9 Å². The number of hydrogen-bond acceptors (Lipinski definition) is 5. The maximum absolute atomic E-state index is 12.3. The van der Waals surface area contributed by atoms with Gasteiger partial charge in [0.1, 0.15) is 5.82 Å². The Morgan fingerprint density at radius 2 is 1.40 bits per heavy atom. The summed E-state index contributed by atoms with van der Waals surface area (Å²) in [5.41, 5.74) is 3.33. The number of pyridine rings is 1. The van der Waals surface area contributed by atoms with E-state index in [0.717, 1.165) is 24.3 Å². The second-order valence-corrected chi connectivity index (χ2v) is 8.55. The summed E-state index contributed by atoms with van der Waals surface area (Å²) in [7, 11) is -4.16. The van der Waals surface area contributed by atoms with Crippen molar-refractivity contribution in [2.24, 2.45) is 0 Å². The molecule has 1 fully saturated rings. The predicted octanol–water partition coefficient (Wildman–Crippen LogP) is 3.78. The zero-order chi connectivity index (χ0) is 23.0. The topological polar surface area (TPSA) is 110 Å². The van der Waals surface area contributed by atoms with Crippen LogP contribution in [0.2, 0.25) is 0 Å². The van der Waals surface area contributed by atoms with Gasteiger partial charge in [-0.3, -0.25) is 4.79 Å². The molecule has 0 aliphatic heterocycles. The first-order valence-electron chi connectivity index (χ1n) is 8.05. The highest BCUT2D eigenvalue weighted by Crippen LogP contribution is 2.47. The Bertz CT molecular complexity index is 1010. The van der Waals surface area contributed by atoms with Crippen LogP contribution < -0.4 is 5.73 Å². The van der Waals surface area contributed by atoms with Gasteiger partial charge in [0.05, 0.1) is 16.0 Å². The number of anilines is 1. The molecule has 30 heavy (non-hydrogen) atoms. The van der Waals surface area contributed by atoms with Crippen LogP contribution in [0.1, 0.15) is 24.0 Å². The van der Waals surface area contributed by atoms with Gasteiger partial charge < -0.3 is 10.8 Å². The van der Waals surface area contributed by atoms with Gasteiger partial charge in [0.25, 0.3) is 0 Å². The Morgan fingerprint density at radius 3 is 1.73 bits per heavy atom. The largest absolute Gasteiger partial charge is 0.480 e. The number of halogens is 6. The van der Waals surface area contributed by atoms with Gasteiger partial charge in [0.2, 0.25) is 0 Å². The molecule has 1 heterocycles. The van der Waals surface area contributed by atoms with Crippen molar-refractivity contribution < 1.29 is 44.7 Å². The fourth-order valence-corrected chi connectivity index (χ4v) is 4.15. The molecule has 0 unspecified atom stereocenters. The van der Waals surface area contributed by atoms with E-state index in [0.29, 0.717) is 18.3 Å². The van der Waals surface area contributed by atoms with Crippen LogP contribution in [0.5, 0.6) is 0 Å². The molecule has 0 amide bonds. The number of carboxylic acids is 1. The van der Waals surface area contributed by atoms with Crippen LogP contribution in [0.4, 0.5) is 32.2 Å². The van der Waals surface area contributed by atoms with Crippen molar-refractivity contribution in [3.63, 3.8) is 0 Å². The maximum Gasteiger partial charge on any atom is 0.417 e.